The minimum atomic E-state index is -0.857. The molecule has 0 aromatic carbocycles. The zero-order chi connectivity index (χ0) is 22.3. The summed E-state index contributed by atoms with van der Waals surface area (Å²) in [5.74, 6) is -0.0946. The van der Waals surface area contributed by atoms with E-state index in [0.29, 0.717) is 6.42 Å². The van der Waals surface area contributed by atoms with E-state index in [2.05, 4.69) is 43.5 Å². The highest BCUT2D eigenvalue weighted by Crippen LogP contribution is 2.09. The second kappa shape index (κ2) is 22.3. The molecule has 0 radical (unpaired) electrons. The van der Waals surface area contributed by atoms with E-state index in [4.69, 9.17) is 0 Å². The van der Waals surface area contributed by atoms with E-state index in [1.165, 1.54) is 32.1 Å². The Kier molecular flexibility index (Phi) is 21.3. The fraction of sp³-hybridized carbons (Fsp3) is 0.731. The summed E-state index contributed by atoms with van der Waals surface area (Å²) in [7, 11) is 0. The summed E-state index contributed by atoms with van der Waals surface area (Å²) >= 11 is 0. The van der Waals surface area contributed by atoms with Gasteiger partial charge in [0.1, 0.15) is 0 Å². The van der Waals surface area contributed by atoms with Crippen LogP contribution < -0.4 is 5.32 Å². The molecule has 0 bridgehead atoms. The molecule has 3 N–H and O–H groups in total. The minimum absolute atomic E-state index is 0.0946. The maximum atomic E-state index is 12.1. The quantitative estimate of drug-likeness (QED) is 0.167. The highest BCUT2D eigenvalue weighted by Gasteiger charge is 2.17. The molecule has 0 aliphatic heterocycles. The van der Waals surface area contributed by atoms with Gasteiger partial charge in [-0.25, -0.2) is 0 Å². The van der Waals surface area contributed by atoms with Crippen molar-refractivity contribution in [3.8, 4) is 0 Å². The Balaban J connectivity index is 3.81. The fourth-order valence-electron chi connectivity index (χ4n) is 3.12. The molecular weight excluding hydrogens is 374 g/mol. The largest absolute Gasteiger partial charge is 0.394 e. The Labute approximate surface area is 185 Å². The maximum absolute atomic E-state index is 12.1. The van der Waals surface area contributed by atoms with Crippen LogP contribution in [0, 0.1) is 0 Å². The molecule has 0 aromatic rings. The van der Waals surface area contributed by atoms with Crippen LogP contribution in [0.4, 0.5) is 0 Å². The molecule has 0 heterocycles. The zero-order valence-electron chi connectivity index (χ0n) is 19.5. The highest BCUT2D eigenvalue weighted by atomic mass is 16.3. The summed E-state index contributed by atoms with van der Waals surface area (Å²) in [6.45, 7) is 4.10. The van der Waals surface area contributed by atoms with Crippen molar-refractivity contribution in [1.29, 1.82) is 0 Å². The van der Waals surface area contributed by atoms with E-state index in [0.717, 1.165) is 51.4 Å². The monoisotopic (exact) mass is 421 g/mol. The van der Waals surface area contributed by atoms with Crippen LogP contribution in [0.15, 0.2) is 36.5 Å². The molecule has 4 nitrogen and oxygen atoms in total. The van der Waals surface area contributed by atoms with Gasteiger partial charge in [-0.05, 0) is 44.9 Å². The molecule has 0 saturated carbocycles. The lowest BCUT2D eigenvalue weighted by Gasteiger charge is -2.19. The predicted octanol–water partition coefficient (Wildman–Crippen LogP) is 5.99. The smallest absolute Gasteiger partial charge is 0.220 e. The number of hydrogen-bond donors (Lipinski definition) is 3. The van der Waals surface area contributed by atoms with Crippen LogP contribution in [0.25, 0.3) is 0 Å². The van der Waals surface area contributed by atoms with Crippen LogP contribution in [-0.4, -0.2) is 34.9 Å². The van der Waals surface area contributed by atoms with Crippen molar-refractivity contribution in [2.45, 2.75) is 116 Å². The molecule has 2 unspecified atom stereocenters. The second-order valence-electron chi connectivity index (χ2n) is 8.03. The van der Waals surface area contributed by atoms with E-state index in [1.54, 1.807) is 6.08 Å². The molecule has 0 rings (SSSR count). The van der Waals surface area contributed by atoms with E-state index >= 15 is 0 Å². The van der Waals surface area contributed by atoms with Gasteiger partial charge in [0.15, 0.2) is 0 Å². The van der Waals surface area contributed by atoms with Crippen molar-refractivity contribution in [3.05, 3.63) is 36.5 Å². The first-order valence-corrected chi connectivity index (χ1v) is 12.2. The average Bonchev–Trinajstić information content (AvgIpc) is 2.75. The zero-order valence-corrected chi connectivity index (χ0v) is 19.5. The number of carbonyl (C=O) groups is 1. The third-order valence-corrected chi connectivity index (χ3v) is 5.08. The second-order valence-corrected chi connectivity index (χ2v) is 8.03. The molecule has 0 fully saturated rings. The number of amides is 1. The predicted molar refractivity (Wildman–Crippen MR) is 128 cm³/mol. The molecule has 0 aliphatic rings. The highest BCUT2D eigenvalue weighted by molar-refractivity contribution is 5.76. The summed E-state index contributed by atoms with van der Waals surface area (Å²) in [6.07, 6.45) is 26.5. The number of aliphatic hydroxyl groups excluding tert-OH is 2. The number of carbonyl (C=O) groups excluding carboxylic acids is 1. The molecule has 2 atom stereocenters. The van der Waals surface area contributed by atoms with Gasteiger partial charge >= 0.3 is 0 Å². The van der Waals surface area contributed by atoms with Crippen molar-refractivity contribution in [3.63, 3.8) is 0 Å². The van der Waals surface area contributed by atoms with Crippen molar-refractivity contribution in [2.24, 2.45) is 0 Å². The van der Waals surface area contributed by atoms with Gasteiger partial charge in [0.05, 0.1) is 18.8 Å². The van der Waals surface area contributed by atoms with Gasteiger partial charge in [0, 0.05) is 6.42 Å². The number of nitrogens with one attached hydrogen (secondary N) is 1. The molecule has 1 amide bonds. The Bertz CT molecular complexity index is 471. The molecule has 0 spiro atoms. The minimum Gasteiger partial charge on any atom is -0.394 e. The molecule has 4 heteroatoms. The Morgan fingerprint density at radius 2 is 1.37 bits per heavy atom. The van der Waals surface area contributed by atoms with Crippen LogP contribution in [-0.2, 0) is 4.79 Å². The Hall–Kier alpha value is -1.39. The molecule has 30 heavy (non-hydrogen) atoms. The van der Waals surface area contributed by atoms with E-state index in [1.807, 2.05) is 6.08 Å². The molecule has 0 aliphatic carbocycles. The van der Waals surface area contributed by atoms with Gasteiger partial charge in [-0.3, -0.25) is 4.79 Å². The first-order valence-electron chi connectivity index (χ1n) is 12.2. The third kappa shape index (κ3) is 18.6. The summed E-state index contributed by atoms with van der Waals surface area (Å²) in [6, 6.07) is -0.635. The van der Waals surface area contributed by atoms with Crippen LogP contribution in [0.2, 0.25) is 0 Å². The summed E-state index contributed by atoms with van der Waals surface area (Å²) in [4.78, 5) is 12.1. The Morgan fingerprint density at radius 1 is 0.767 bits per heavy atom. The lowest BCUT2D eigenvalue weighted by Crippen LogP contribution is -2.45. The number of rotatable bonds is 20. The molecule has 0 aromatic heterocycles. The van der Waals surface area contributed by atoms with Gasteiger partial charge in [-0.15, -0.1) is 0 Å². The Morgan fingerprint density at radius 3 is 2.07 bits per heavy atom. The third-order valence-electron chi connectivity index (χ3n) is 5.08. The van der Waals surface area contributed by atoms with Crippen molar-refractivity contribution in [2.75, 3.05) is 6.61 Å². The lowest BCUT2D eigenvalue weighted by atomic mass is 10.1. The summed E-state index contributed by atoms with van der Waals surface area (Å²) in [5.41, 5.74) is 0. The van der Waals surface area contributed by atoms with E-state index in [9.17, 15) is 15.0 Å². The topological polar surface area (TPSA) is 69.6 Å². The number of hydrogen-bond acceptors (Lipinski definition) is 3. The van der Waals surface area contributed by atoms with Gasteiger partial charge in [-0.2, -0.15) is 0 Å². The SMILES string of the molecule is CCC/C=C/CC/C=C/C(O)C(CO)NC(=O)CCCCCCC/C=C\CCCC. The lowest BCUT2D eigenvalue weighted by molar-refractivity contribution is -0.123. The van der Waals surface area contributed by atoms with E-state index in [-0.39, 0.29) is 12.5 Å². The van der Waals surface area contributed by atoms with Crippen LogP contribution in [0.3, 0.4) is 0 Å². The van der Waals surface area contributed by atoms with E-state index < -0.39 is 12.1 Å². The average molecular weight is 422 g/mol. The molecule has 0 saturated heterocycles. The van der Waals surface area contributed by atoms with Gasteiger partial charge in [0.2, 0.25) is 5.91 Å². The number of allylic oxidation sites excluding steroid dienone is 5. The normalized spacial score (nSPS) is 14.1. The van der Waals surface area contributed by atoms with Crippen LogP contribution in [0.5, 0.6) is 0 Å². The number of aliphatic hydroxyl groups is 2. The van der Waals surface area contributed by atoms with Crippen molar-refractivity contribution in [1.82, 2.24) is 5.32 Å². The summed E-state index contributed by atoms with van der Waals surface area (Å²) in [5, 5.41) is 22.4. The maximum Gasteiger partial charge on any atom is 0.220 e. The standard InChI is InChI=1S/C26H47NO3/c1-3-5-7-9-11-12-13-14-16-18-20-22-26(30)27-24(23-28)25(29)21-19-17-15-10-8-6-4-2/h8-11,19,21,24-25,28-29H,3-7,12-18,20,22-23H2,1-2H3,(H,27,30)/b10-8+,11-9-,21-19+. The van der Waals surface area contributed by atoms with Gasteiger partial charge < -0.3 is 15.5 Å². The molecule has 174 valence electrons. The van der Waals surface area contributed by atoms with Gasteiger partial charge in [0.25, 0.3) is 0 Å². The van der Waals surface area contributed by atoms with Crippen LogP contribution in [0.1, 0.15) is 104 Å². The van der Waals surface area contributed by atoms with Crippen LogP contribution >= 0.6 is 0 Å². The summed E-state index contributed by atoms with van der Waals surface area (Å²) < 4.78 is 0. The van der Waals surface area contributed by atoms with Crippen molar-refractivity contribution >= 4 is 5.91 Å². The van der Waals surface area contributed by atoms with Crippen molar-refractivity contribution < 1.29 is 15.0 Å². The number of unbranched alkanes of at least 4 members (excludes halogenated alkanes) is 9. The van der Waals surface area contributed by atoms with Gasteiger partial charge in [-0.1, -0.05) is 88.8 Å². The first-order chi connectivity index (χ1) is 14.7. The first kappa shape index (κ1) is 28.6. The molecular formula is C26H47NO3. The fourth-order valence-corrected chi connectivity index (χ4v) is 3.12.